The average Bonchev–Trinajstić information content (AvgIpc) is 2.20. The van der Waals surface area contributed by atoms with E-state index in [-0.39, 0.29) is 5.82 Å². The summed E-state index contributed by atoms with van der Waals surface area (Å²) in [6.45, 7) is 1.62. The summed E-state index contributed by atoms with van der Waals surface area (Å²) >= 11 is 0. The van der Waals surface area contributed by atoms with Crippen molar-refractivity contribution in [3.8, 4) is 0 Å². The van der Waals surface area contributed by atoms with E-state index in [1.165, 1.54) is 6.07 Å². The highest BCUT2D eigenvalue weighted by molar-refractivity contribution is 5.99. The summed E-state index contributed by atoms with van der Waals surface area (Å²) in [5.41, 5.74) is 0.860. The fourth-order valence-electron chi connectivity index (χ4n) is 1.60. The van der Waals surface area contributed by atoms with Gasteiger partial charge in [-0.25, -0.2) is 4.39 Å². The number of carbonyl (C=O) groups excluding carboxylic acids is 1. The predicted molar refractivity (Wildman–Crippen MR) is 54.0 cm³/mol. The van der Waals surface area contributed by atoms with Crippen LogP contribution >= 0.6 is 0 Å². The molecule has 14 heavy (non-hydrogen) atoms. The van der Waals surface area contributed by atoms with Gasteiger partial charge in [-0.3, -0.25) is 4.79 Å². The zero-order valence-electron chi connectivity index (χ0n) is 7.75. The zero-order chi connectivity index (χ0) is 10.1. The highest BCUT2D eigenvalue weighted by Crippen LogP contribution is 2.23. The molecule has 0 N–H and O–H groups in total. The monoisotopic (exact) mass is 188 g/mol. The Morgan fingerprint density at radius 1 is 1.29 bits per heavy atom. The van der Waals surface area contributed by atoms with Crippen LogP contribution in [0.4, 0.5) is 4.39 Å². The Bertz CT molecular complexity index is 503. The molecule has 0 spiro atoms. The first-order chi connectivity index (χ1) is 6.74. The van der Waals surface area contributed by atoms with Gasteiger partial charge in [-0.15, -0.1) is 0 Å². The van der Waals surface area contributed by atoms with Crippen molar-refractivity contribution in [1.82, 2.24) is 0 Å². The summed E-state index contributed by atoms with van der Waals surface area (Å²) in [5, 5.41) is 1.57. The number of fused-ring (bicyclic) bond motifs is 1. The molecule has 0 unspecified atom stereocenters. The molecule has 0 bridgehead atoms. The lowest BCUT2D eigenvalue weighted by Crippen LogP contribution is -1.93. The maximum atomic E-state index is 13.3. The Balaban J connectivity index is 2.96. The molecule has 2 aromatic carbocycles. The van der Waals surface area contributed by atoms with E-state index in [0.29, 0.717) is 17.4 Å². The maximum Gasteiger partial charge on any atom is 0.151 e. The van der Waals surface area contributed by atoms with Crippen LogP contribution in [-0.4, -0.2) is 6.29 Å². The number of hydrogen-bond acceptors (Lipinski definition) is 1. The van der Waals surface area contributed by atoms with Gasteiger partial charge in [-0.2, -0.15) is 0 Å². The molecule has 0 saturated heterocycles. The topological polar surface area (TPSA) is 17.1 Å². The van der Waals surface area contributed by atoms with Crippen molar-refractivity contribution in [2.24, 2.45) is 0 Å². The molecule has 0 aliphatic heterocycles. The second-order valence-corrected chi connectivity index (χ2v) is 3.24. The van der Waals surface area contributed by atoms with Crippen molar-refractivity contribution in [1.29, 1.82) is 0 Å². The molecule has 0 fully saturated rings. The van der Waals surface area contributed by atoms with Crippen molar-refractivity contribution < 1.29 is 9.18 Å². The molecule has 0 amide bonds. The Kier molecular flexibility index (Phi) is 2.04. The Morgan fingerprint density at radius 2 is 2.00 bits per heavy atom. The molecule has 2 heteroatoms. The molecule has 2 aromatic rings. The van der Waals surface area contributed by atoms with E-state index in [4.69, 9.17) is 0 Å². The van der Waals surface area contributed by atoms with Gasteiger partial charge >= 0.3 is 0 Å². The fraction of sp³-hybridized carbons (Fsp3) is 0.0833. The van der Waals surface area contributed by atoms with Gasteiger partial charge in [-0.1, -0.05) is 24.3 Å². The van der Waals surface area contributed by atoms with Crippen LogP contribution < -0.4 is 0 Å². The SMILES string of the molecule is Cc1c(F)cc2ccccc2c1C=O. The average molecular weight is 188 g/mol. The molecule has 0 aromatic heterocycles. The van der Waals surface area contributed by atoms with Crippen molar-refractivity contribution in [2.75, 3.05) is 0 Å². The number of aldehydes is 1. The highest BCUT2D eigenvalue weighted by Gasteiger charge is 2.08. The Labute approximate surface area is 81.2 Å². The maximum absolute atomic E-state index is 13.3. The molecule has 0 saturated carbocycles. The van der Waals surface area contributed by atoms with E-state index >= 15 is 0 Å². The quantitative estimate of drug-likeness (QED) is 0.628. The summed E-state index contributed by atoms with van der Waals surface area (Å²) in [5.74, 6) is -0.328. The minimum Gasteiger partial charge on any atom is -0.298 e. The van der Waals surface area contributed by atoms with Gasteiger partial charge in [0.15, 0.2) is 6.29 Å². The van der Waals surface area contributed by atoms with Gasteiger partial charge in [0, 0.05) is 5.56 Å². The molecule has 0 radical (unpaired) electrons. The minimum absolute atomic E-state index is 0.328. The van der Waals surface area contributed by atoms with E-state index < -0.39 is 0 Å². The first-order valence-corrected chi connectivity index (χ1v) is 4.37. The van der Waals surface area contributed by atoms with Gasteiger partial charge in [-0.05, 0) is 29.3 Å². The van der Waals surface area contributed by atoms with Crippen LogP contribution in [0.25, 0.3) is 10.8 Å². The third-order valence-corrected chi connectivity index (χ3v) is 2.41. The Morgan fingerprint density at radius 3 is 2.71 bits per heavy atom. The lowest BCUT2D eigenvalue weighted by molar-refractivity contribution is 0.112. The number of benzene rings is 2. The highest BCUT2D eigenvalue weighted by atomic mass is 19.1. The normalized spacial score (nSPS) is 10.4. The molecule has 0 aliphatic carbocycles. The van der Waals surface area contributed by atoms with Crippen LogP contribution in [0, 0.1) is 12.7 Å². The minimum atomic E-state index is -0.328. The molecular formula is C12H9FO. The van der Waals surface area contributed by atoms with Crippen molar-refractivity contribution in [3.63, 3.8) is 0 Å². The van der Waals surface area contributed by atoms with Gasteiger partial charge in [0.2, 0.25) is 0 Å². The molecule has 1 nitrogen and oxygen atoms in total. The van der Waals surface area contributed by atoms with Crippen LogP contribution in [0.1, 0.15) is 15.9 Å². The van der Waals surface area contributed by atoms with Gasteiger partial charge in [0.25, 0.3) is 0 Å². The van der Waals surface area contributed by atoms with Crippen LogP contribution in [0.15, 0.2) is 30.3 Å². The molecule has 0 aliphatic rings. The summed E-state index contributed by atoms with van der Waals surface area (Å²) in [6, 6.07) is 8.74. The second-order valence-electron chi connectivity index (χ2n) is 3.24. The standard InChI is InChI=1S/C12H9FO/c1-8-11(7-14)10-5-3-2-4-9(10)6-12(8)13/h2-7H,1H3. The summed E-state index contributed by atoms with van der Waals surface area (Å²) in [4.78, 5) is 10.8. The fourth-order valence-corrected chi connectivity index (χ4v) is 1.60. The number of halogens is 1. The van der Waals surface area contributed by atoms with Crippen LogP contribution in [0.3, 0.4) is 0 Å². The number of carbonyl (C=O) groups is 1. The molecule has 70 valence electrons. The Hall–Kier alpha value is -1.70. The molecular weight excluding hydrogens is 179 g/mol. The first kappa shape index (κ1) is 8.88. The van der Waals surface area contributed by atoms with E-state index in [2.05, 4.69) is 0 Å². The molecule has 0 heterocycles. The lowest BCUT2D eigenvalue weighted by atomic mass is 10.0. The van der Waals surface area contributed by atoms with Gasteiger partial charge in [0.1, 0.15) is 5.82 Å². The van der Waals surface area contributed by atoms with Crippen molar-refractivity contribution in [3.05, 3.63) is 47.3 Å². The first-order valence-electron chi connectivity index (χ1n) is 4.37. The number of hydrogen-bond donors (Lipinski definition) is 0. The van der Waals surface area contributed by atoms with Crippen molar-refractivity contribution in [2.45, 2.75) is 6.92 Å². The van der Waals surface area contributed by atoms with Crippen LogP contribution in [-0.2, 0) is 0 Å². The van der Waals surface area contributed by atoms with E-state index in [9.17, 15) is 9.18 Å². The summed E-state index contributed by atoms with van der Waals surface area (Å²) in [7, 11) is 0. The lowest BCUT2D eigenvalue weighted by Gasteiger charge is -2.05. The van der Waals surface area contributed by atoms with Gasteiger partial charge < -0.3 is 0 Å². The zero-order valence-corrected chi connectivity index (χ0v) is 7.75. The third-order valence-electron chi connectivity index (χ3n) is 2.41. The number of rotatable bonds is 1. The van der Waals surface area contributed by atoms with E-state index in [1.807, 2.05) is 18.2 Å². The summed E-state index contributed by atoms with van der Waals surface area (Å²) < 4.78 is 13.3. The van der Waals surface area contributed by atoms with Gasteiger partial charge in [0.05, 0.1) is 0 Å². The van der Waals surface area contributed by atoms with Crippen molar-refractivity contribution >= 4 is 17.1 Å². The third kappa shape index (κ3) is 1.20. The van der Waals surface area contributed by atoms with Crippen LogP contribution in [0.5, 0.6) is 0 Å². The van der Waals surface area contributed by atoms with Crippen LogP contribution in [0.2, 0.25) is 0 Å². The predicted octanol–water partition coefficient (Wildman–Crippen LogP) is 3.10. The summed E-state index contributed by atoms with van der Waals surface area (Å²) in [6.07, 6.45) is 0.709. The smallest absolute Gasteiger partial charge is 0.151 e. The largest absolute Gasteiger partial charge is 0.298 e. The molecule has 0 atom stereocenters. The molecule has 2 rings (SSSR count). The second kappa shape index (κ2) is 3.22. The van der Waals surface area contributed by atoms with E-state index in [1.54, 1.807) is 13.0 Å². The van der Waals surface area contributed by atoms with E-state index in [0.717, 1.165) is 10.8 Å².